The number of benzene rings is 1. The van der Waals surface area contributed by atoms with E-state index in [0.29, 0.717) is 0 Å². The monoisotopic (exact) mass is 349 g/mol. The highest BCUT2D eigenvalue weighted by molar-refractivity contribution is 5.78. The number of rotatable bonds is 7. The van der Waals surface area contributed by atoms with E-state index in [0.717, 1.165) is 12.0 Å². The molecule has 0 bridgehead atoms. The zero-order valence-corrected chi connectivity index (χ0v) is 15.8. The summed E-state index contributed by atoms with van der Waals surface area (Å²) in [6.45, 7) is 10.3. The van der Waals surface area contributed by atoms with E-state index in [1.54, 1.807) is 0 Å². The van der Waals surface area contributed by atoms with E-state index in [2.05, 4.69) is 44.7 Å². The molecule has 2 atom stereocenters. The van der Waals surface area contributed by atoms with E-state index in [1.165, 1.54) is 11.1 Å². The van der Waals surface area contributed by atoms with Crippen LogP contribution >= 0.6 is 0 Å². The standard InChI is InChI=1S/C23H27NO2/c1-5-17(2)13-20-21(23(20,3)4)22(25)26-16-24-12-11-19(15-24)14-18-9-7-6-8-10-18/h5-13,15,20-21H,1,14,16H2,2-4H3. The van der Waals surface area contributed by atoms with Crippen LogP contribution in [0.5, 0.6) is 0 Å². The van der Waals surface area contributed by atoms with Crippen LogP contribution in [0.1, 0.15) is 31.9 Å². The van der Waals surface area contributed by atoms with Gasteiger partial charge >= 0.3 is 5.97 Å². The molecule has 1 aromatic carbocycles. The summed E-state index contributed by atoms with van der Waals surface area (Å²) in [7, 11) is 0. The molecule has 0 spiro atoms. The van der Waals surface area contributed by atoms with E-state index in [4.69, 9.17) is 4.74 Å². The van der Waals surface area contributed by atoms with Crippen LogP contribution in [0, 0.1) is 17.3 Å². The minimum absolute atomic E-state index is 0.0451. The van der Waals surface area contributed by atoms with Gasteiger partial charge in [0, 0.05) is 12.4 Å². The molecular formula is C23H27NO2. The molecule has 1 aliphatic carbocycles. The molecule has 1 aromatic heterocycles. The number of aromatic nitrogens is 1. The Morgan fingerprint density at radius 2 is 1.96 bits per heavy atom. The van der Waals surface area contributed by atoms with Crippen molar-refractivity contribution in [2.45, 2.75) is 33.9 Å². The van der Waals surface area contributed by atoms with Gasteiger partial charge in [-0.2, -0.15) is 0 Å². The maximum atomic E-state index is 12.5. The van der Waals surface area contributed by atoms with Gasteiger partial charge in [0.15, 0.2) is 6.73 Å². The normalized spacial score (nSPS) is 21.3. The molecule has 0 aliphatic heterocycles. The highest BCUT2D eigenvalue weighted by Gasteiger charge is 2.61. The molecule has 0 radical (unpaired) electrons. The van der Waals surface area contributed by atoms with Crippen molar-refractivity contribution in [2.24, 2.45) is 17.3 Å². The Morgan fingerprint density at radius 3 is 2.65 bits per heavy atom. The predicted molar refractivity (Wildman–Crippen MR) is 104 cm³/mol. The fourth-order valence-electron chi connectivity index (χ4n) is 3.53. The van der Waals surface area contributed by atoms with Gasteiger partial charge in [-0.25, -0.2) is 0 Å². The maximum Gasteiger partial charge on any atom is 0.311 e. The summed E-state index contributed by atoms with van der Waals surface area (Å²) in [6, 6.07) is 12.4. The number of carbonyl (C=O) groups is 1. The maximum absolute atomic E-state index is 12.5. The predicted octanol–water partition coefficient (Wildman–Crippen LogP) is 4.98. The summed E-state index contributed by atoms with van der Waals surface area (Å²) in [5.74, 6) is 0.0366. The second kappa shape index (κ2) is 7.36. The lowest BCUT2D eigenvalue weighted by Gasteiger charge is -2.06. The molecule has 0 saturated heterocycles. The minimum Gasteiger partial charge on any atom is -0.444 e. The summed E-state index contributed by atoms with van der Waals surface area (Å²) < 4.78 is 7.49. The van der Waals surface area contributed by atoms with E-state index in [-0.39, 0.29) is 30.0 Å². The van der Waals surface area contributed by atoms with Gasteiger partial charge in [0.25, 0.3) is 0 Å². The molecule has 3 heteroatoms. The SMILES string of the molecule is C=CC(C)=CC1C(C(=O)OCn2ccc(Cc3ccccc3)c2)C1(C)C. The highest BCUT2D eigenvalue weighted by Crippen LogP contribution is 2.59. The number of hydrogen-bond acceptors (Lipinski definition) is 2. The van der Waals surface area contributed by atoms with Crippen LogP contribution in [0.2, 0.25) is 0 Å². The Balaban J connectivity index is 1.55. The lowest BCUT2D eigenvalue weighted by molar-refractivity contribution is -0.150. The second-order valence-corrected chi connectivity index (χ2v) is 7.73. The summed E-state index contributed by atoms with van der Waals surface area (Å²) >= 11 is 0. The quantitative estimate of drug-likeness (QED) is 0.521. The van der Waals surface area contributed by atoms with Gasteiger partial charge in [-0.15, -0.1) is 0 Å². The smallest absolute Gasteiger partial charge is 0.311 e. The van der Waals surface area contributed by atoms with Crippen molar-refractivity contribution in [2.75, 3.05) is 0 Å². The number of ether oxygens (including phenoxy) is 1. The fourth-order valence-corrected chi connectivity index (χ4v) is 3.53. The number of esters is 1. The molecule has 1 saturated carbocycles. The van der Waals surface area contributed by atoms with Crippen LogP contribution < -0.4 is 0 Å². The molecule has 0 N–H and O–H groups in total. The Kier molecular flexibility index (Phi) is 5.17. The average Bonchev–Trinajstić information content (AvgIpc) is 2.95. The molecule has 1 fully saturated rings. The lowest BCUT2D eigenvalue weighted by Crippen LogP contribution is -2.13. The van der Waals surface area contributed by atoms with Crippen molar-refractivity contribution in [3.8, 4) is 0 Å². The van der Waals surface area contributed by atoms with Crippen molar-refractivity contribution in [1.29, 1.82) is 0 Å². The second-order valence-electron chi connectivity index (χ2n) is 7.73. The first kappa shape index (κ1) is 18.2. The Morgan fingerprint density at radius 1 is 1.23 bits per heavy atom. The largest absolute Gasteiger partial charge is 0.444 e. The molecule has 0 amide bonds. The van der Waals surface area contributed by atoms with E-state index >= 15 is 0 Å². The van der Waals surface area contributed by atoms with E-state index < -0.39 is 0 Å². The van der Waals surface area contributed by atoms with Crippen LogP contribution in [0.4, 0.5) is 0 Å². The Hall–Kier alpha value is -2.55. The number of nitrogens with zero attached hydrogens (tertiary/aromatic N) is 1. The Labute approximate surface area is 156 Å². The van der Waals surface area contributed by atoms with Gasteiger partial charge in [0.1, 0.15) is 0 Å². The van der Waals surface area contributed by atoms with Gasteiger partial charge in [-0.1, -0.05) is 68.5 Å². The molecule has 136 valence electrons. The molecule has 3 rings (SSSR count). The van der Waals surface area contributed by atoms with Crippen molar-refractivity contribution in [1.82, 2.24) is 4.57 Å². The highest BCUT2D eigenvalue weighted by atomic mass is 16.5. The zero-order chi connectivity index (χ0) is 18.7. The number of hydrogen-bond donors (Lipinski definition) is 0. The average molecular weight is 349 g/mol. The molecule has 2 unspecified atom stereocenters. The van der Waals surface area contributed by atoms with E-state index in [1.807, 2.05) is 48.2 Å². The third kappa shape index (κ3) is 3.98. The zero-order valence-electron chi connectivity index (χ0n) is 15.8. The van der Waals surface area contributed by atoms with Gasteiger partial charge in [0.05, 0.1) is 5.92 Å². The molecular weight excluding hydrogens is 322 g/mol. The molecule has 2 aromatic rings. The number of allylic oxidation sites excluding steroid dienone is 3. The van der Waals surface area contributed by atoms with Gasteiger partial charge in [-0.3, -0.25) is 4.79 Å². The van der Waals surface area contributed by atoms with Crippen LogP contribution in [0.15, 0.2) is 73.1 Å². The molecule has 26 heavy (non-hydrogen) atoms. The van der Waals surface area contributed by atoms with Crippen LogP contribution in [0.3, 0.4) is 0 Å². The van der Waals surface area contributed by atoms with Crippen LogP contribution in [-0.4, -0.2) is 10.5 Å². The van der Waals surface area contributed by atoms with Gasteiger partial charge < -0.3 is 9.30 Å². The summed E-state index contributed by atoms with van der Waals surface area (Å²) in [6.07, 6.45) is 8.84. The van der Waals surface area contributed by atoms with Crippen molar-refractivity contribution in [3.63, 3.8) is 0 Å². The summed E-state index contributed by atoms with van der Waals surface area (Å²) in [5.41, 5.74) is 3.54. The fraction of sp³-hybridized carbons (Fsp3) is 0.348. The first-order valence-corrected chi connectivity index (χ1v) is 9.08. The minimum atomic E-state index is -0.119. The first-order valence-electron chi connectivity index (χ1n) is 9.08. The van der Waals surface area contributed by atoms with Crippen molar-refractivity contribution < 1.29 is 9.53 Å². The molecule has 3 nitrogen and oxygen atoms in total. The van der Waals surface area contributed by atoms with Crippen molar-refractivity contribution >= 4 is 5.97 Å². The van der Waals surface area contributed by atoms with Crippen LogP contribution in [0.25, 0.3) is 0 Å². The molecule has 1 heterocycles. The third-order valence-electron chi connectivity index (χ3n) is 5.35. The third-order valence-corrected chi connectivity index (χ3v) is 5.35. The van der Waals surface area contributed by atoms with E-state index in [9.17, 15) is 4.79 Å². The Bertz CT molecular complexity index is 814. The summed E-state index contributed by atoms with van der Waals surface area (Å²) in [5, 5.41) is 0. The summed E-state index contributed by atoms with van der Waals surface area (Å²) in [4.78, 5) is 12.5. The van der Waals surface area contributed by atoms with Crippen LogP contribution in [-0.2, 0) is 22.7 Å². The molecule has 1 aliphatic rings. The van der Waals surface area contributed by atoms with Gasteiger partial charge in [-0.05, 0) is 41.9 Å². The van der Waals surface area contributed by atoms with Gasteiger partial charge in [0.2, 0.25) is 0 Å². The first-order chi connectivity index (χ1) is 12.4. The lowest BCUT2D eigenvalue weighted by atomic mass is 10.1. The number of carbonyl (C=O) groups excluding carboxylic acids is 1. The van der Waals surface area contributed by atoms with Crippen molar-refractivity contribution in [3.05, 3.63) is 84.2 Å². The topological polar surface area (TPSA) is 31.2 Å².